The molecule has 0 unspecified atom stereocenters. The standard InChI is InChI=1S/C15H18F2N2/c1-10-2-4-12(5-3-10)19-9-13-14(16)6-11(8-18)7-15(13)17/h6-7,10,12,19H,2-5,9H2,1H3. The molecule has 0 atom stereocenters. The first-order valence-electron chi connectivity index (χ1n) is 6.71. The molecule has 0 radical (unpaired) electrons. The molecule has 19 heavy (non-hydrogen) atoms. The number of rotatable bonds is 3. The second-order valence-electron chi connectivity index (χ2n) is 5.37. The van der Waals surface area contributed by atoms with Gasteiger partial charge in [0.05, 0.1) is 11.6 Å². The number of nitrogens with zero attached hydrogens (tertiary/aromatic N) is 1. The Morgan fingerprint density at radius 2 is 1.79 bits per heavy atom. The van der Waals surface area contributed by atoms with Crippen LogP contribution in [-0.2, 0) is 6.54 Å². The fourth-order valence-electron chi connectivity index (χ4n) is 2.55. The Labute approximate surface area is 112 Å². The molecule has 0 aliphatic heterocycles. The van der Waals surface area contributed by atoms with Crippen molar-refractivity contribution in [3.8, 4) is 6.07 Å². The molecular formula is C15H18F2N2. The first-order valence-corrected chi connectivity index (χ1v) is 6.71. The van der Waals surface area contributed by atoms with E-state index in [9.17, 15) is 8.78 Å². The summed E-state index contributed by atoms with van der Waals surface area (Å²) in [4.78, 5) is 0. The van der Waals surface area contributed by atoms with E-state index < -0.39 is 11.6 Å². The lowest BCUT2D eigenvalue weighted by Crippen LogP contribution is -2.32. The van der Waals surface area contributed by atoms with Gasteiger partial charge in [-0.3, -0.25) is 0 Å². The zero-order chi connectivity index (χ0) is 13.8. The molecule has 1 aliphatic rings. The van der Waals surface area contributed by atoms with Crippen molar-refractivity contribution in [2.45, 2.75) is 45.2 Å². The third-order valence-corrected chi connectivity index (χ3v) is 3.85. The molecule has 0 bridgehead atoms. The molecule has 2 nitrogen and oxygen atoms in total. The minimum atomic E-state index is -0.645. The van der Waals surface area contributed by atoms with E-state index in [0.717, 1.165) is 43.7 Å². The second kappa shape index (κ2) is 6.12. The summed E-state index contributed by atoms with van der Waals surface area (Å²) in [6.45, 7) is 2.42. The van der Waals surface area contributed by atoms with Gasteiger partial charge in [0.2, 0.25) is 0 Å². The van der Waals surface area contributed by atoms with Crippen molar-refractivity contribution < 1.29 is 8.78 Å². The van der Waals surface area contributed by atoms with Gasteiger partial charge in [0.1, 0.15) is 11.6 Å². The van der Waals surface area contributed by atoms with Crippen molar-refractivity contribution in [1.29, 1.82) is 5.26 Å². The third-order valence-electron chi connectivity index (χ3n) is 3.85. The quantitative estimate of drug-likeness (QED) is 0.907. The van der Waals surface area contributed by atoms with Crippen LogP contribution in [0.15, 0.2) is 12.1 Å². The molecule has 102 valence electrons. The first kappa shape index (κ1) is 14.0. The molecule has 1 fully saturated rings. The Morgan fingerprint density at radius 1 is 1.21 bits per heavy atom. The maximum atomic E-state index is 13.7. The van der Waals surface area contributed by atoms with E-state index in [4.69, 9.17) is 5.26 Å². The summed E-state index contributed by atoms with van der Waals surface area (Å²) in [7, 11) is 0. The van der Waals surface area contributed by atoms with Gasteiger partial charge < -0.3 is 5.32 Å². The third kappa shape index (κ3) is 3.51. The monoisotopic (exact) mass is 264 g/mol. The van der Waals surface area contributed by atoms with Gasteiger partial charge >= 0.3 is 0 Å². The molecule has 1 N–H and O–H groups in total. The molecule has 1 aliphatic carbocycles. The Hall–Kier alpha value is -1.47. The lowest BCUT2D eigenvalue weighted by Gasteiger charge is -2.27. The first-order chi connectivity index (χ1) is 9.10. The van der Waals surface area contributed by atoms with Gasteiger partial charge in [-0.25, -0.2) is 8.78 Å². The van der Waals surface area contributed by atoms with Gasteiger partial charge in [-0.15, -0.1) is 0 Å². The Bertz CT molecular complexity index is 462. The molecule has 4 heteroatoms. The molecule has 1 aromatic carbocycles. The van der Waals surface area contributed by atoms with Crippen LogP contribution in [-0.4, -0.2) is 6.04 Å². The highest BCUT2D eigenvalue weighted by Gasteiger charge is 2.19. The Kier molecular flexibility index (Phi) is 4.49. The number of nitrogens with one attached hydrogen (secondary N) is 1. The van der Waals surface area contributed by atoms with Gasteiger partial charge in [0.25, 0.3) is 0 Å². The normalized spacial score (nSPS) is 23.1. The van der Waals surface area contributed by atoms with Crippen molar-refractivity contribution >= 4 is 0 Å². The van der Waals surface area contributed by atoms with E-state index in [2.05, 4.69) is 12.2 Å². The molecule has 0 spiro atoms. The van der Waals surface area contributed by atoms with Gasteiger partial charge in [-0.2, -0.15) is 5.26 Å². The van der Waals surface area contributed by atoms with E-state index >= 15 is 0 Å². The van der Waals surface area contributed by atoms with Crippen molar-refractivity contribution in [2.24, 2.45) is 5.92 Å². The molecule has 0 amide bonds. The zero-order valence-corrected chi connectivity index (χ0v) is 11.0. The molecule has 2 rings (SSSR count). The summed E-state index contributed by atoms with van der Waals surface area (Å²) in [5, 5.41) is 11.9. The van der Waals surface area contributed by atoms with Crippen LogP contribution in [0.1, 0.15) is 43.7 Å². The molecule has 1 saturated carbocycles. The predicted molar refractivity (Wildman–Crippen MR) is 69.3 cm³/mol. The van der Waals surface area contributed by atoms with Crippen molar-refractivity contribution in [2.75, 3.05) is 0 Å². The van der Waals surface area contributed by atoms with Crippen LogP contribution in [0.25, 0.3) is 0 Å². The maximum absolute atomic E-state index is 13.7. The van der Waals surface area contributed by atoms with Gasteiger partial charge in [-0.05, 0) is 43.7 Å². The number of benzene rings is 1. The topological polar surface area (TPSA) is 35.8 Å². The van der Waals surface area contributed by atoms with Crippen LogP contribution in [0.5, 0.6) is 0 Å². The van der Waals surface area contributed by atoms with E-state index in [1.807, 2.05) is 0 Å². The molecule has 0 heterocycles. The lowest BCUT2D eigenvalue weighted by atomic mass is 9.87. The molecular weight excluding hydrogens is 246 g/mol. The lowest BCUT2D eigenvalue weighted by molar-refractivity contribution is 0.304. The molecule has 0 saturated heterocycles. The highest BCUT2D eigenvalue weighted by atomic mass is 19.1. The Morgan fingerprint density at radius 3 is 2.32 bits per heavy atom. The van der Waals surface area contributed by atoms with E-state index in [0.29, 0.717) is 6.04 Å². The highest BCUT2D eigenvalue weighted by molar-refractivity contribution is 5.34. The van der Waals surface area contributed by atoms with Crippen molar-refractivity contribution in [1.82, 2.24) is 5.32 Å². The summed E-state index contributed by atoms with van der Waals surface area (Å²) >= 11 is 0. The van der Waals surface area contributed by atoms with E-state index in [1.54, 1.807) is 6.07 Å². The van der Waals surface area contributed by atoms with Crippen molar-refractivity contribution in [3.63, 3.8) is 0 Å². The zero-order valence-electron chi connectivity index (χ0n) is 11.0. The number of hydrogen-bond donors (Lipinski definition) is 1. The van der Waals surface area contributed by atoms with Crippen LogP contribution in [0.3, 0.4) is 0 Å². The number of halogens is 2. The SMILES string of the molecule is CC1CCC(NCc2c(F)cc(C#N)cc2F)CC1. The summed E-state index contributed by atoms with van der Waals surface area (Å²) in [5.74, 6) is -0.539. The Balaban J connectivity index is 1.98. The fraction of sp³-hybridized carbons (Fsp3) is 0.533. The van der Waals surface area contributed by atoms with Crippen molar-refractivity contribution in [3.05, 3.63) is 34.9 Å². The maximum Gasteiger partial charge on any atom is 0.131 e. The van der Waals surface area contributed by atoms with Crippen LogP contribution in [0.4, 0.5) is 8.78 Å². The van der Waals surface area contributed by atoms with Crippen LogP contribution in [0.2, 0.25) is 0 Å². The van der Waals surface area contributed by atoms with E-state index in [1.165, 1.54) is 0 Å². The van der Waals surface area contributed by atoms with Crippen LogP contribution < -0.4 is 5.32 Å². The fourth-order valence-corrected chi connectivity index (χ4v) is 2.55. The van der Waals surface area contributed by atoms with Crippen LogP contribution in [0, 0.1) is 28.9 Å². The van der Waals surface area contributed by atoms with Crippen LogP contribution >= 0.6 is 0 Å². The average Bonchev–Trinajstić information content (AvgIpc) is 2.39. The summed E-state index contributed by atoms with van der Waals surface area (Å²) < 4.78 is 27.4. The summed E-state index contributed by atoms with van der Waals surface area (Å²) in [6.07, 6.45) is 4.44. The minimum absolute atomic E-state index is 0.0187. The minimum Gasteiger partial charge on any atom is -0.310 e. The highest BCUT2D eigenvalue weighted by Crippen LogP contribution is 2.24. The average molecular weight is 264 g/mol. The molecule has 1 aromatic rings. The number of nitriles is 1. The van der Waals surface area contributed by atoms with Gasteiger partial charge in [0.15, 0.2) is 0 Å². The predicted octanol–water partition coefficient (Wildman–Crippen LogP) is 3.50. The smallest absolute Gasteiger partial charge is 0.131 e. The summed E-state index contributed by atoms with van der Waals surface area (Å²) in [6, 6.07) is 4.26. The number of hydrogen-bond acceptors (Lipinski definition) is 2. The second-order valence-corrected chi connectivity index (χ2v) is 5.37. The summed E-state index contributed by atoms with van der Waals surface area (Å²) in [5.41, 5.74) is 0.0443. The van der Waals surface area contributed by atoms with Gasteiger partial charge in [-0.1, -0.05) is 6.92 Å². The van der Waals surface area contributed by atoms with Gasteiger partial charge in [0, 0.05) is 18.2 Å². The molecule has 0 aromatic heterocycles. The van der Waals surface area contributed by atoms with E-state index in [-0.39, 0.29) is 17.7 Å². The largest absolute Gasteiger partial charge is 0.310 e.